The first kappa shape index (κ1) is 16.6. The fourth-order valence-corrected chi connectivity index (χ4v) is 2.15. The Morgan fingerprint density at radius 3 is 2.68 bits per heavy atom. The number of nitrogens with zero attached hydrogens (tertiary/aromatic N) is 3. The van der Waals surface area contributed by atoms with Gasteiger partial charge in [-0.05, 0) is 28.1 Å². The zero-order chi connectivity index (χ0) is 17.6. The van der Waals surface area contributed by atoms with Crippen LogP contribution >= 0.6 is 0 Å². The van der Waals surface area contributed by atoms with Gasteiger partial charge in [-0.25, -0.2) is 4.39 Å². The van der Waals surface area contributed by atoms with Crippen LogP contribution in [0.4, 0.5) is 20.8 Å². The number of carbonyl (C=O) groups excluding carboxylic acids is 1. The van der Waals surface area contributed by atoms with Gasteiger partial charge in [-0.15, -0.1) is 0 Å². The number of aliphatic hydroxyl groups is 1. The molecule has 0 radical (unpaired) electrons. The molecule has 1 aromatic heterocycles. The Bertz CT molecular complexity index is 837. The van der Waals surface area contributed by atoms with Gasteiger partial charge >= 0.3 is 0 Å². The van der Waals surface area contributed by atoms with Gasteiger partial charge in [0.25, 0.3) is 0 Å². The molecule has 2 N–H and O–H groups in total. The van der Waals surface area contributed by atoms with Crippen LogP contribution in [0.5, 0.6) is 0 Å². The second-order valence-corrected chi connectivity index (χ2v) is 5.24. The molecule has 3 rings (SSSR count). The highest BCUT2D eigenvalue weighted by Crippen LogP contribution is 2.18. The van der Waals surface area contributed by atoms with Gasteiger partial charge in [-0.2, -0.15) is 0 Å². The summed E-state index contributed by atoms with van der Waals surface area (Å²) < 4.78 is 19.1. The number of benzene rings is 2. The third-order valence-corrected chi connectivity index (χ3v) is 3.35. The van der Waals surface area contributed by atoms with Crippen molar-refractivity contribution in [2.45, 2.75) is 12.6 Å². The van der Waals surface area contributed by atoms with Crippen molar-refractivity contribution in [1.29, 1.82) is 0 Å². The molecule has 1 atom stereocenters. The van der Waals surface area contributed by atoms with E-state index in [-0.39, 0.29) is 12.4 Å². The molecule has 128 valence electrons. The molecule has 1 heterocycles. The van der Waals surface area contributed by atoms with Crippen LogP contribution in [0.15, 0.2) is 65.3 Å². The number of hydrogen-bond donors (Lipinski definition) is 2. The quantitative estimate of drug-likeness (QED) is 0.697. The van der Waals surface area contributed by atoms with Crippen LogP contribution in [0.2, 0.25) is 0 Å². The van der Waals surface area contributed by atoms with E-state index in [1.165, 1.54) is 35.1 Å². The molecule has 0 aliphatic rings. The lowest BCUT2D eigenvalue weighted by Gasteiger charge is -2.12. The number of aliphatic hydroxyl groups excluding tert-OH is 1. The van der Waals surface area contributed by atoms with Crippen molar-refractivity contribution >= 4 is 17.6 Å². The van der Waals surface area contributed by atoms with Crippen molar-refractivity contribution in [3.05, 3.63) is 77.5 Å². The van der Waals surface area contributed by atoms with E-state index < -0.39 is 18.0 Å². The number of halogens is 1. The van der Waals surface area contributed by atoms with Gasteiger partial charge in [-0.1, -0.05) is 42.5 Å². The number of amides is 2. The Labute approximate surface area is 142 Å². The summed E-state index contributed by atoms with van der Waals surface area (Å²) in [6.07, 6.45) is 0.633. The highest BCUT2D eigenvalue weighted by Gasteiger charge is 2.17. The van der Waals surface area contributed by atoms with Gasteiger partial charge in [-0.3, -0.25) is 4.79 Å². The van der Waals surface area contributed by atoms with E-state index in [1.807, 2.05) is 18.2 Å². The van der Waals surface area contributed by atoms with Gasteiger partial charge in [0.15, 0.2) is 11.3 Å². The highest BCUT2D eigenvalue weighted by atomic mass is 19.1. The third-order valence-electron chi connectivity index (χ3n) is 3.35. The highest BCUT2D eigenvalue weighted by molar-refractivity contribution is 6.03. The van der Waals surface area contributed by atoms with Crippen LogP contribution in [0, 0.1) is 5.82 Å². The predicted octanol–water partition coefficient (Wildman–Crippen LogP) is 3.07. The molecular formula is C17H15FN4O3. The normalized spacial score (nSPS) is 11.8. The first-order valence-corrected chi connectivity index (χ1v) is 7.48. The van der Waals surface area contributed by atoms with Crippen LogP contribution in [-0.2, 0) is 6.54 Å². The standard InChI is InChI=1S/C17H15FN4O3/c18-13-6-8-14(9-7-13)19-17(24)20-16-11-22(21-25-16)10-15(23)12-4-2-1-3-5-12/h1-9,11,15,23H,10H2,(H-,19,20,21,24). The zero-order valence-corrected chi connectivity index (χ0v) is 13.0. The van der Waals surface area contributed by atoms with E-state index in [9.17, 15) is 14.3 Å². The van der Waals surface area contributed by atoms with E-state index >= 15 is 0 Å². The van der Waals surface area contributed by atoms with Crippen molar-refractivity contribution in [1.82, 2.24) is 5.27 Å². The Morgan fingerprint density at radius 1 is 1.24 bits per heavy atom. The maximum absolute atomic E-state index is 12.8. The minimum Gasteiger partial charge on any atom is -0.424 e. The number of anilines is 1. The number of rotatable bonds is 5. The van der Waals surface area contributed by atoms with Crippen LogP contribution in [0.25, 0.3) is 5.32 Å². The minimum absolute atomic E-state index is 0.0140. The fraction of sp³-hybridized carbons (Fsp3) is 0.118. The molecule has 0 spiro atoms. The number of urea groups is 1. The summed E-state index contributed by atoms with van der Waals surface area (Å²) in [4.78, 5) is 11.8. The topological polar surface area (TPSA) is 93.3 Å². The van der Waals surface area contributed by atoms with E-state index in [0.29, 0.717) is 5.69 Å². The lowest BCUT2D eigenvalue weighted by molar-refractivity contribution is -0.768. The largest absolute Gasteiger partial charge is 0.424 e. The smallest absolute Gasteiger partial charge is 0.241 e. The predicted molar refractivity (Wildman–Crippen MR) is 86.5 cm³/mol. The molecule has 1 unspecified atom stereocenters. The maximum Gasteiger partial charge on any atom is 0.241 e. The summed E-state index contributed by atoms with van der Waals surface area (Å²) in [6, 6.07) is 13.7. The number of hydrogen-bond acceptors (Lipinski definition) is 4. The lowest BCUT2D eigenvalue weighted by atomic mass is 10.1. The molecule has 0 aliphatic carbocycles. The van der Waals surface area contributed by atoms with Gasteiger partial charge in [0.2, 0.25) is 18.6 Å². The molecule has 25 heavy (non-hydrogen) atoms. The first-order valence-electron chi connectivity index (χ1n) is 7.48. The molecule has 0 saturated heterocycles. The van der Waals surface area contributed by atoms with Crippen LogP contribution in [0.1, 0.15) is 11.7 Å². The Morgan fingerprint density at radius 2 is 1.96 bits per heavy atom. The van der Waals surface area contributed by atoms with E-state index in [1.54, 1.807) is 12.1 Å². The van der Waals surface area contributed by atoms with Crippen LogP contribution in [-0.4, -0.2) is 16.4 Å². The monoisotopic (exact) mass is 342 g/mol. The summed E-state index contributed by atoms with van der Waals surface area (Å²) in [5.74, 6) is -0.414. The summed E-state index contributed by atoms with van der Waals surface area (Å²) in [7, 11) is 0. The van der Waals surface area contributed by atoms with Crippen molar-refractivity contribution in [3.63, 3.8) is 0 Å². The lowest BCUT2D eigenvalue weighted by Crippen LogP contribution is -2.37. The number of nitrogens with one attached hydrogen (secondary N) is 1. The Hall–Kier alpha value is -3.26. The second-order valence-electron chi connectivity index (χ2n) is 5.24. The van der Waals surface area contributed by atoms with Gasteiger partial charge < -0.3 is 20.3 Å². The molecule has 0 fully saturated rings. The molecule has 2 amide bonds. The van der Waals surface area contributed by atoms with Crippen molar-refractivity contribution in [2.75, 3.05) is 5.32 Å². The van der Waals surface area contributed by atoms with Crippen LogP contribution < -0.4 is 10.00 Å². The maximum atomic E-state index is 12.8. The summed E-state index contributed by atoms with van der Waals surface area (Å²) in [5, 5.41) is 20.0. The van der Waals surface area contributed by atoms with E-state index in [2.05, 4.69) is 15.9 Å². The molecule has 0 saturated carbocycles. The van der Waals surface area contributed by atoms with E-state index in [0.717, 1.165) is 5.56 Å². The molecule has 0 aliphatic heterocycles. The van der Waals surface area contributed by atoms with Gasteiger partial charge in [0.1, 0.15) is 11.9 Å². The van der Waals surface area contributed by atoms with E-state index in [4.69, 9.17) is 4.52 Å². The fourth-order valence-electron chi connectivity index (χ4n) is 2.15. The molecule has 0 bridgehead atoms. The molecule has 7 nitrogen and oxygen atoms in total. The minimum atomic E-state index is -0.766. The van der Waals surface area contributed by atoms with Gasteiger partial charge in [0, 0.05) is 0 Å². The zero-order valence-electron chi connectivity index (χ0n) is 13.0. The SMILES string of the molecule is O=C([N-]c1c[n+](CC(O)c2ccccc2)no1)Nc1ccc(F)cc1. The molecule has 8 heteroatoms. The molecule has 3 aromatic rings. The second kappa shape index (κ2) is 7.54. The Balaban J connectivity index is 1.56. The Kier molecular flexibility index (Phi) is 5.00. The summed E-state index contributed by atoms with van der Waals surface area (Å²) >= 11 is 0. The average molecular weight is 342 g/mol. The van der Waals surface area contributed by atoms with Crippen molar-refractivity contribution in [2.24, 2.45) is 0 Å². The summed E-state index contributed by atoms with van der Waals surface area (Å²) in [5.41, 5.74) is 1.15. The average Bonchev–Trinajstić information content (AvgIpc) is 3.04. The van der Waals surface area contributed by atoms with Gasteiger partial charge in [0.05, 0.1) is 0 Å². The molecule has 2 aromatic carbocycles. The summed E-state index contributed by atoms with van der Waals surface area (Å²) in [6.45, 7) is 0.155. The van der Waals surface area contributed by atoms with Crippen molar-refractivity contribution < 1.29 is 23.5 Å². The molecular weight excluding hydrogens is 327 g/mol. The third kappa shape index (κ3) is 4.61. The number of carbonyl (C=O) groups is 1. The van der Waals surface area contributed by atoms with Crippen molar-refractivity contribution in [3.8, 4) is 0 Å². The first-order chi connectivity index (χ1) is 12.1. The van der Waals surface area contributed by atoms with Crippen LogP contribution in [0.3, 0.4) is 0 Å². The number of aromatic nitrogens is 2.